The van der Waals surface area contributed by atoms with Gasteiger partial charge in [0.1, 0.15) is 23.8 Å². The number of imide groups is 2. The minimum atomic E-state index is -0.746. The summed E-state index contributed by atoms with van der Waals surface area (Å²) in [6, 6.07) is 0. The first-order valence-electron chi connectivity index (χ1n) is 27.7. The molecule has 0 radical (unpaired) electrons. The predicted octanol–water partition coefficient (Wildman–Crippen LogP) is 7.20. The van der Waals surface area contributed by atoms with Crippen molar-refractivity contribution in [3.63, 3.8) is 0 Å². The molecule has 0 aromatic carbocycles. The molecule has 14 nitrogen and oxygen atoms in total. The van der Waals surface area contributed by atoms with E-state index in [0.29, 0.717) is 63.5 Å². The normalized spacial score (nSPS) is 48.8. The Morgan fingerprint density at radius 1 is 0.616 bits per heavy atom. The number of amides is 4. The van der Waals surface area contributed by atoms with E-state index in [1.807, 2.05) is 13.8 Å². The van der Waals surface area contributed by atoms with Gasteiger partial charge in [-0.05, 0) is 124 Å². The van der Waals surface area contributed by atoms with Gasteiger partial charge in [0.05, 0.1) is 24.0 Å². The van der Waals surface area contributed by atoms with Gasteiger partial charge in [0.15, 0.2) is 0 Å². The van der Waals surface area contributed by atoms with E-state index in [9.17, 15) is 39.0 Å². The molecule has 404 valence electrons. The number of Topliss-reactive ketones (excluding diaryl/α,β-unsaturated/α-hetero) is 2. The number of aliphatic hydroxyl groups excluding tert-OH is 2. The topological polar surface area (TPSA) is 192 Å². The van der Waals surface area contributed by atoms with Crippen LogP contribution in [0.5, 0.6) is 0 Å². The molecule has 6 saturated carbocycles. The molecule has 8 bridgehead atoms. The Bertz CT molecular complexity index is 2140. The fourth-order valence-electron chi connectivity index (χ4n) is 18.4. The summed E-state index contributed by atoms with van der Waals surface area (Å²) < 4.78 is 12.3. The standard InChI is InChI=1S/2C29H42N2O5.ClH/c2*1-6-10-27(4)14-22(36-26(35)30-25(34)20-16-31-13-9-19(20)15-31)28(5)17(2)7-11-29(18(3)24(27)33)12-8-21(32)23(28)29;/h2*1,17-20,22-24,33H,7-16H2,2-5H3,(H,30,34,35);1H/t2*17-,18+,19-,20+,22-,23?,24+,27-,28+,29?;/m11./s1. The quantitative estimate of drug-likeness (QED) is 0.196. The maximum Gasteiger partial charge on any atom is 0.414 e. The van der Waals surface area contributed by atoms with Crippen molar-refractivity contribution in [2.75, 3.05) is 39.3 Å². The van der Waals surface area contributed by atoms with Crippen LogP contribution >= 0.6 is 12.4 Å². The van der Waals surface area contributed by atoms with E-state index in [1.165, 1.54) is 0 Å². The van der Waals surface area contributed by atoms with Crippen LogP contribution in [0.3, 0.4) is 0 Å². The molecule has 15 heteroatoms. The largest absolute Gasteiger partial charge is 0.445 e. The summed E-state index contributed by atoms with van der Waals surface area (Å²) in [5.74, 6) is 5.10. The van der Waals surface area contributed by atoms with E-state index < -0.39 is 58.3 Å². The summed E-state index contributed by atoms with van der Waals surface area (Å²) in [5, 5.41) is 28.5. The van der Waals surface area contributed by atoms with Crippen LogP contribution in [-0.2, 0) is 28.7 Å². The Labute approximate surface area is 440 Å². The first-order valence-corrected chi connectivity index (χ1v) is 27.7. The average Bonchev–Trinajstić information content (AvgIpc) is 4.22. The molecule has 4 aliphatic heterocycles. The van der Waals surface area contributed by atoms with Crippen LogP contribution in [0.25, 0.3) is 0 Å². The number of hydrogen-bond donors (Lipinski definition) is 4. The summed E-state index contributed by atoms with van der Waals surface area (Å²) >= 11 is 0. The van der Waals surface area contributed by atoms with Crippen LogP contribution < -0.4 is 10.6 Å². The van der Waals surface area contributed by atoms with Crippen molar-refractivity contribution in [1.82, 2.24) is 20.4 Å². The number of fused-ring (bicyclic) bond motifs is 4. The zero-order chi connectivity index (χ0) is 52.1. The second-order valence-electron chi connectivity index (χ2n) is 26.4. The molecule has 73 heavy (non-hydrogen) atoms. The minimum Gasteiger partial charge on any atom is -0.445 e. The molecule has 10 fully saturated rings. The lowest BCUT2D eigenvalue weighted by Gasteiger charge is -2.62. The third-order valence-electron chi connectivity index (χ3n) is 23.1. The number of piperidine rings is 2. The van der Waals surface area contributed by atoms with Crippen molar-refractivity contribution >= 4 is 48.0 Å². The molecule has 4 amide bonds. The van der Waals surface area contributed by atoms with Gasteiger partial charge in [0.25, 0.3) is 0 Å². The molecule has 4 saturated heterocycles. The van der Waals surface area contributed by atoms with Crippen molar-refractivity contribution in [3.05, 3.63) is 0 Å². The maximum absolute atomic E-state index is 13.5. The summed E-state index contributed by atoms with van der Waals surface area (Å²) in [5.41, 5.74) is -3.23. The van der Waals surface area contributed by atoms with Crippen LogP contribution in [0.4, 0.5) is 9.59 Å². The van der Waals surface area contributed by atoms with Crippen LogP contribution in [0.15, 0.2) is 0 Å². The van der Waals surface area contributed by atoms with Gasteiger partial charge in [-0.3, -0.25) is 29.8 Å². The van der Waals surface area contributed by atoms with Crippen LogP contribution in [0, 0.1) is 116 Å². The second kappa shape index (κ2) is 20.1. The van der Waals surface area contributed by atoms with E-state index in [1.54, 1.807) is 0 Å². The summed E-state index contributed by atoms with van der Waals surface area (Å²) in [4.78, 5) is 83.9. The summed E-state index contributed by atoms with van der Waals surface area (Å²) in [6.45, 7) is 21.9. The number of nitrogens with zero attached hydrogens (tertiary/aromatic N) is 2. The van der Waals surface area contributed by atoms with Crippen molar-refractivity contribution in [2.45, 2.75) is 170 Å². The highest BCUT2D eigenvalue weighted by Crippen LogP contribution is 2.70. The molecule has 22 atom stereocenters. The average molecular weight is 1030 g/mol. The Balaban J connectivity index is 0.000000192. The number of ether oxygens (including phenoxy) is 2. The maximum atomic E-state index is 13.5. The van der Waals surface area contributed by atoms with Crippen molar-refractivity contribution < 1.29 is 48.5 Å². The van der Waals surface area contributed by atoms with E-state index in [2.05, 4.69) is 73.8 Å². The van der Waals surface area contributed by atoms with E-state index in [-0.39, 0.29) is 94.0 Å². The molecule has 6 unspecified atom stereocenters. The highest BCUT2D eigenvalue weighted by atomic mass is 35.5. The zero-order valence-corrected chi connectivity index (χ0v) is 45.7. The summed E-state index contributed by atoms with van der Waals surface area (Å²) in [7, 11) is 0. The van der Waals surface area contributed by atoms with E-state index >= 15 is 0 Å². The highest BCUT2D eigenvalue weighted by Gasteiger charge is 2.70. The number of aliphatic hydroxyl groups is 2. The molecule has 4 heterocycles. The molecule has 0 spiro atoms. The van der Waals surface area contributed by atoms with Crippen molar-refractivity contribution in [1.29, 1.82) is 0 Å². The van der Waals surface area contributed by atoms with Gasteiger partial charge in [-0.2, -0.15) is 0 Å². The number of rotatable bonds is 6. The van der Waals surface area contributed by atoms with E-state index in [0.717, 1.165) is 77.5 Å². The smallest absolute Gasteiger partial charge is 0.414 e. The lowest BCUT2D eigenvalue weighted by molar-refractivity contribution is -0.197. The van der Waals surface area contributed by atoms with Gasteiger partial charge in [0.2, 0.25) is 11.8 Å². The fourth-order valence-corrected chi connectivity index (χ4v) is 18.4. The number of alkyl carbamates (subject to hydrolysis) is 2. The van der Waals surface area contributed by atoms with Crippen molar-refractivity contribution in [2.24, 2.45) is 91.7 Å². The third kappa shape index (κ3) is 8.89. The van der Waals surface area contributed by atoms with Crippen LogP contribution in [0.1, 0.15) is 145 Å². The number of hydrogen-bond acceptors (Lipinski definition) is 12. The Morgan fingerprint density at radius 3 is 1.30 bits per heavy atom. The number of halogens is 1. The molecule has 10 rings (SSSR count). The molecule has 4 N–H and O–H groups in total. The Hall–Kier alpha value is -3.53. The van der Waals surface area contributed by atoms with Crippen LogP contribution in [0.2, 0.25) is 0 Å². The number of carbonyl (C=O) groups excluding carboxylic acids is 6. The number of terminal acetylenes is 2. The summed E-state index contributed by atoms with van der Waals surface area (Å²) in [6.07, 6.45) is 16.7. The third-order valence-corrected chi connectivity index (χ3v) is 23.1. The van der Waals surface area contributed by atoms with Gasteiger partial charge < -0.3 is 29.5 Å². The fraction of sp³-hybridized carbons (Fsp3) is 0.828. The number of ketones is 2. The number of carbonyl (C=O) groups is 6. The van der Waals surface area contributed by atoms with Crippen molar-refractivity contribution in [3.8, 4) is 24.7 Å². The molecular weight excluding hydrogens is 948 g/mol. The monoisotopic (exact) mass is 1030 g/mol. The zero-order valence-electron chi connectivity index (χ0n) is 44.8. The molecular formula is C58H85ClN4O10. The number of nitrogens with one attached hydrogen (secondary N) is 2. The molecule has 0 aromatic heterocycles. The first-order chi connectivity index (χ1) is 33.9. The lowest BCUT2D eigenvalue weighted by atomic mass is 9.43. The first kappa shape index (κ1) is 55.7. The molecule has 6 aliphatic carbocycles. The van der Waals surface area contributed by atoms with Gasteiger partial charge in [-0.1, -0.05) is 55.4 Å². The molecule has 10 aliphatic rings. The second-order valence-corrected chi connectivity index (χ2v) is 26.4. The molecule has 0 aromatic rings. The minimum absolute atomic E-state index is 0. The Morgan fingerprint density at radius 2 is 0.986 bits per heavy atom. The van der Waals surface area contributed by atoms with E-state index in [4.69, 9.17) is 22.3 Å². The van der Waals surface area contributed by atoms with Gasteiger partial charge in [0, 0.05) is 85.4 Å². The van der Waals surface area contributed by atoms with Gasteiger partial charge in [-0.15, -0.1) is 37.1 Å². The lowest BCUT2D eigenvalue weighted by Crippen LogP contribution is -2.63. The highest BCUT2D eigenvalue weighted by molar-refractivity contribution is 5.94. The predicted molar refractivity (Wildman–Crippen MR) is 276 cm³/mol. The van der Waals surface area contributed by atoms with Gasteiger partial charge in [-0.25, -0.2) is 9.59 Å². The van der Waals surface area contributed by atoms with Crippen LogP contribution in [-0.4, -0.2) is 119 Å². The SMILES string of the molecule is C#CC[C@]1(C)C[C@@H](OC(=O)NC(=O)[C@H]2CN3CC[C@@H]2C3)[C@@]2(C)C3C(=O)CCC3(CC[C@H]2C)[C@@H](C)[C@@H]1O.C#CC[C@]1(C)C[C@@H](OC(=O)NC(=O)[C@H]2CN3CC[C@@H]2C3)[C@@]2(C)C3C(=O)CCC3(CC[C@H]2C)[C@@H](C)[C@@H]1O.Cl. The van der Waals surface area contributed by atoms with Gasteiger partial charge >= 0.3 is 12.2 Å². The Kier molecular flexibility index (Phi) is 15.3.